The molecule has 0 aliphatic carbocycles. The molecule has 3 aromatic rings. The van der Waals surface area contributed by atoms with Crippen LogP contribution in [0.15, 0.2) is 101 Å². The van der Waals surface area contributed by atoms with Gasteiger partial charge in [0.05, 0.1) is 0 Å². The highest BCUT2D eigenvalue weighted by Gasteiger charge is 2.41. The second-order valence-corrected chi connectivity index (χ2v) is 7.67. The highest BCUT2D eigenvalue weighted by molar-refractivity contribution is 6.11. The van der Waals surface area contributed by atoms with Gasteiger partial charge in [0.15, 0.2) is 11.9 Å². The summed E-state index contributed by atoms with van der Waals surface area (Å²) in [5.74, 6) is 0.724. The smallest absolute Gasteiger partial charge is 0.356 e. The van der Waals surface area contributed by atoms with Crippen molar-refractivity contribution in [3.63, 3.8) is 0 Å². The van der Waals surface area contributed by atoms with Crippen LogP contribution in [-0.2, 0) is 0 Å². The molecule has 1 unspecified atom stereocenters. The summed E-state index contributed by atoms with van der Waals surface area (Å²) in [4.78, 5) is 11.1. The summed E-state index contributed by atoms with van der Waals surface area (Å²) in [6.07, 6.45) is -2.49. The van der Waals surface area contributed by atoms with Gasteiger partial charge in [0, 0.05) is 24.2 Å². The molecule has 32 heavy (non-hydrogen) atoms. The van der Waals surface area contributed by atoms with Crippen molar-refractivity contribution >= 4 is 11.7 Å². The third-order valence-corrected chi connectivity index (χ3v) is 5.36. The Hall–Kier alpha value is -3.41. The molecule has 0 saturated carbocycles. The Morgan fingerprint density at radius 2 is 1.22 bits per heavy atom. The highest BCUT2D eigenvalue weighted by atomic mass is 19.4. The van der Waals surface area contributed by atoms with Crippen LogP contribution >= 0.6 is 0 Å². The van der Waals surface area contributed by atoms with Gasteiger partial charge in [0.2, 0.25) is 0 Å². The first kappa shape index (κ1) is 21.8. The normalized spacial score (nSPS) is 16.3. The van der Waals surface area contributed by atoms with Crippen LogP contribution < -0.4 is 0 Å². The van der Waals surface area contributed by atoms with E-state index in [2.05, 4.69) is 9.89 Å². The number of rotatable bonds is 4. The molecule has 1 aliphatic heterocycles. The molecule has 0 aromatic heterocycles. The zero-order chi connectivity index (χ0) is 22.4. The van der Waals surface area contributed by atoms with Crippen LogP contribution in [-0.4, -0.2) is 35.8 Å². The summed E-state index contributed by atoms with van der Waals surface area (Å²) >= 11 is 0. The van der Waals surface area contributed by atoms with Crippen molar-refractivity contribution in [1.29, 1.82) is 0 Å². The van der Waals surface area contributed by atoms with Gasteiger partial charge in [-0.3, -0.25) is 0 Å². The lowest BCUT2D eigenvalue weighted by Gasteiger charge is -2.22. The van der Waals surface area contributed by atoms with Crippen LogP contribution in [0.4, 0.5) is 13.2 Å². The maximum atomic E-state index is 14.1. The van der Waals surface area contributed by atoms with E-state index in [4.69, 9.17) is 4.99 Å². The van der Waals surface area contributed by atoms with Crippen molar-refractivity contribution < 1.29 is 13.2 Å². The molecule has 1 fully saturated rings. The molecular formula is C26H24F3N3. The Labute approximate surface area is 186 Å². The summed E-state index contributed by atoms with van der Waals surface area (Å²) in [6.45, 7) is 1.63. The minimum absolute atomic E-state index is 0.0718. The average molecular weight is 435 g/mol. The molecule has 0 spiro atoms. The number of halogens is 3. The van der Waals surface area contributed by atoms with E-state index in [-0.39, 0.29) is 11.4 Å². The van der Waals surface area contributed by atoms with E-state index in [9.17, 15) is 13.2 Å². The highest BCUT2D eigenvalue weighted by Crippen LogP contribution is 2.36. The number of benzene rings is 3. The van der Waals surface area contributed by atoms with Crippen molar-refractivity contribution in [1.82, 2.24) is 4.90 Å². The van der Waals surface area contributed by atoms with Gasteiger partial charge >= 0.3 is 6.18 Å². The number of amidine groups is 2. The molecule has 1 aliphatic rings. The minimum Gasteiger partial charge on any atom is -0.356 e. The summed E-state index contributed by atoms with van der Waals surface area (Å²) in [5.41, 5.74) is 1.50. The van der Waals surface area contributed by atoms with Gasteiger partial charge in [0.1, 0.15) is 5.84 Å². The molecular weight excluding hydrogens is 411 g/mol. The lowest BCUT2D eigenvalue weighted by molar-refractivity contribution is -0.148. The molecule has 0 bridgehead atoms. The molecule has 3 aromatic carbocycles. The predicted octanol–water partition coefficient (Wildman–Crippen LogP) is 6.28. The van der Waals surface area contributed by atoms with E-state index < -0.39 is 12.2 Å². The van der Waals surface area contributed by atoms with Gasteiger partial charge in [-0.2, -0.15) is 13.2 Å². The van der Waals surface area contributed by atoms with Crippen molar-refractivity contribution in [2.75, 3.05) is 13.1 Å². The van der Waals surface area contributed by atoms with Gasteiger partial charge in [0.25, 0.3) is 0 Å². The van der Waals surface area contributed by atoms with Crippen LogP contribution in [0.25, 0.3) is 0 Å². The molecule has 1 saturated heterocycles. The van der Waals surface area contributed by atoms with Gasteiger partial charge in [-0.15, -0.1) is 0 Å². The quantitative estimate of drug-likeness (QED) is 0.350. The number of alkyl halides is 3. The van der Waals surface area contributed by atoms with E-state index in [1.54, 1.807) is 42.5 Å². The van der Waals surface area contributed by atoms with Crippen LogP contribution in [0, 0.1) is 0 Å². The molecule has 0 amide bonds. The zero-order valence-corrected chi connectivity index (χ0v) is 17.5. The molecule has 0 N–H and O–H groups in total. The number of aliphatic imine (C=N–C) groups is 2. The average Bonchev–Trinajstić information content (AvgIpc) is 3.35. The fourth-order valence-corrected chi connectivity index (χ4v) is 3.78. The number of nitrogens with zero attached hydrogens (tertiary/aromatic N) is 3. The number of likely N-dealkylation sites (tertiary alicyclic amines) is 1. The first-order chi connectivity index (χ1) is 15.5. The van der Waals surface area contributed by atoms with E-state index in [0.29, 0.717) is 11.4 Å². The molecule has 1 heterocycles. The Morgan fingerprint density at radius 3 is 1.75 bits per heavy atom. The van der Waals surface area contributed by atoms with Crippen molar-refractivity contribution in [2.45, 2.75) is 25.1 Å². The van der Waals surface area contributed by atoms with Crippen LogP contribution in [0.2, 0.25) is 0 Å². The Kier molecular flexibility index (Phi) is 6.69. The fraction of sp³-hybridized carbons (Fsp3) is 0.231. The van der Waals surface area contributed by atoms with E-state index in [1.807, 2.05) is 36.4 Å². The van der Waals surface area contributed by atoms with Crippen LogP contribution in [0.1, 0.15) is 35.6 Å². The summed E-state index contributed by atoms with van der Waals surface area (Å²) in [7, 11) is 0. The molecule has 0 radical (unpaired) electrons. The first-order valence-electron chi connectivity index (χ1n) is 10.7. The fourth-order valence-electron chi connectivity index (χ4n) is 3.78. The van der Waals surface area contributed by atoms with Gasteiger partial charge in [-0.1, -0.05) is 91.0 Å². The first-order valence-corrected chi connectivity index (χ1v) is 10.7. The Morgan fingerprint density at radius 1 is 0.719 bits per heavy atom. The molecule has 4 rings (SSSR count). The SMILES string of the molecule is FC(F)(F)C(N=C(N=C(c1ccccc1)N1CCCC1)c1ccccc1)c1ccccc1. The van der Waals surface area contributed by atoms with Crippen LogP contribution in [0.5, 0.6) is 0 Å². The minimum atomic E-state index is -4.54. The second-order valence-electron chi connectivity index (χ2n) is 7.67. The van der Waals surface area contributed by atoms with Gasteiger partial charge < -0.3 is 4.90 Å². The maximum absolute atomic E-state index is 14.1. The maximum Gasteiger partial charge on any atom is 0.415 e. The molecule has 1 atom stereocenters. The third kappa shape index (κ3) is 5.25. The third-order valence-electron chi connectivity index (χ3n) is 5.36. The lowest BCUT2D eigenvalue weighted by Crippen LogP contribution is -2.30. The van der Waals surface area contributed by atoms with Crippen molar-refractivity contribution in [3.8, 4) is 0 Å². The lowest BCUT2D eigenvalue weighted by atomic mass is 10.1. The second kappa shape index (κ2) is 9.81. The van der Waals surface area contributed by atoms with E-state index in [0.717, 1.165) is 31.5 Å². The van der Waals surface area contributed by atoms with Crippen molar-refractivity contribution in [2.24, 2.45) is 9.98 Å². The van der Waals surface area contributed by atoms with Crippen LogP contribution in [0.3, 0.4) is 0 Å². The summed E-state index contributed by atoms with van der Waals surface area (Å²) < 4.78 is 42.2. The van der Waals surface area contributed by atoms with Crippen molar-refractivity contribution in [3.05, 3.63) is 108 Å². The largest absolute Gasteiger partial charge is 0.415 e. The zero-order valence-electron chi connectivity index (χ0n) is 17.5. The summed E-state index contributed by atoms with van der Waals surface area (Å²) in [5, 5.41) is 0. The standard InChI is InChI=1S/C26H24F3N3/c27-26(28,29)23(20-12-4-1-5-13-20)30-24(21-14-6-2-7-15-21)31-25(32-18-10-11-19-32)22-16-8-3-9-17-22/h1-9,12-17,23H,10-11,18-19H2. The number of hydrogen-bond donors (Lipinski definition) is 0. The Balaban J connectivity index is 1.88. The predicted molar refractivity (Wildman–Crippen MR) is 122 cm³/mol. The van der Waals surface area contributed by atoms with Gasteiger partial charge in [-0.05, 0) is 18.4 Å². The summed E-state index contributed by atoms with van der Waals surface area (Å²) in [6, 6.07) is 24.2. The molecule has 3 nitrogen and oxygen atoms in total. The number of hydrogen-bond acceptors (Lipinski definition) is 1. The van der Waals surface area contributed by atoms with Gasteiger partial charge in [-0.25, -0.2) is 9.98 Å². The topological polar surface area (TPSA) is 28.0 Å². The van der Waals surface area contributed by atoms with E-state index in [1.165, 1.54) is 12.1 Å². The Bertz CT molecular complexity index is 1060. The monoisotopic (exact) mass is 435 g/mol. The van der Waals surface area contributed by atoms with E-state index >= 15 is 0 Å². The molecule has 164 valence electrons. The molecule has 6 heteroatoms.